The molecular weight excluding hydrogens is 328 g/mol. The van der Waals surface area contributed by atoms with Gasteiger partial charge in [0.25, 0.3) is 5.91 Å². The Balaban J connectivity index is 1.78. The molecule has 1 aromatic heterocycles. The normalized spacial score (nSPS) is 10.6. The molecule has 5 heteroatoms. The minimum atomic E-state index is -0.145. The molecule has 0 saturated carbocycles. The SMILES string of the molecule is Cc1cc(C)cc(C(=O)Nc2nc(-c3ccc(Cl)cc3)cs2)c1. The number of aryl methyl sites for hydroxylation is 2. The van der Waals surface area contributed by atoms with E-state index < -0.39 is 0 Å². The van der Waals surface area contributed by atoms with Crippen LogP contribution >= 0.6 is 22.9 Å². The van der Waals surface area contributed by atoms with Gasteiger partial charge in [-0.25, -0.2) is 4.98 Å². The van der Waals surface area contributed by atoms with Crippen molar-refractivity contribution in [1.29, 1.82) is 0 Å². The van der Waals surface area contributed by atoms with Crippen LogP contribution in [0.15, 0.2) is 47.8 Å². The van der Waals surface area contributed by atoms with Gasteiger partial charge in [0.05, 0.1) is 5.69 Å². The van der Waals surface area contributed by atoms with Gasteiger partial charge in [-0.1, -0.05) is 40.9 Å². The Morgan fingerprint density at radius 3 is 2.39 bits per heavy atom. The summed E-state index contributed by atoms with van der Waals surface area (Å²) in [6, 6.07) is 13.2. The fraction of sp³-hybridized carbons (Fsp3) is 0.111. The van der Waals surface area contributed by atoms with E-state index in [1.807, 2.05) is 61.7 Å². The number of nitrogens with zero attached hydrogens (tertiary/aromatic N) is 1. The second-order valence-corrected chi connectivity index (χ2v) is 6.67. The Kier molecular flexibility index (Phi) is 4.46. The summed E-state index contributed by atoms with van der Waals surface area (Å²) < 4.78 is 0. The lowest BCUT2D eigenvalue weighted by molar-refractivity contribution is 0.102. The summed E-state index contributed by atoms with van der Waals surface area (Å²) in [5, 5.41) is 6.04. The Bertz CT molecular complexity index is 835. The van der Waals surface area contributed by atoms with E-state index in [0.29, 0.717) is 15.7 Å². The number of nitrogens with one attached hydrogen (secondary N) is 1. The number of rotatable bonds is 3. The van der Waals surface area contributed by atoms with Crippen LogP contribution in [0.25, 0.3) is 11.3 Å². The molecular formula is C18H15ClN2OS. The Morgan fingerprint density at radius 2 is 1.74 bits per heavy atom. The van der Waals surface area contributed by atoms with Crippen LogP contribution in [0.2, 0.25) is 5.02 Å². The van der Waals surface area contributed by atoms with E-state index in [0.717, 1.165) is 22.4 Å². The largest absolute Gasteiger partial charge is 0.298 e. The van der Waals surface area contributed by atoms with Gasteiger partial charge < -0.3 is 0 Å². The number of aromatic nitrogens is 1. The van der Waals surface area contributed by atoms with Crippen LogP contribution in [0.4, 0.5) is 5.13 Å². The molecule has 2 aromatic carbocycles. The zero-order chi connectivity index (χ0) is 16.4. The number of halogens is 1. The molecule has 0 bridgehead atoms. The number of carbonyl (C=O) groups is 1. The smallest absolute Gasteiger partial charge is 0.257 e. The lowest BCUT2D eigenvalue weighted by atomic mass is 10.1. The maximum atomic E-state index is 12.3. The third-order valence-electron chi connectivity index (χ3n) is 3.35. The van der Waals surface area contributed by atoms with E-state index in [4.69, 9.17) is 11.6 Å². The molecule has 0 saturated heterocycles. The van der Waals surface area contributed by atoms with Crippen molar-refractivity contribution < 1.29 is 4.79 Å². The minimum Gasteiger partial charge on any atom is -0.298 e. The topological polar surface area (TPSA) is 42.0 Å². The molecule has 0 aliphatic carbocycles. The molecule has 0 spiro atoms. The first-order valence-electron chi connectivity index (χ1n) is 7.12. The van der Waals surface area contributed by atoms with Crippen molar-refractivity contribution >= 4 is 34.0 Å². The van der Waals surface area contributed by atoms with Gasteiger partial charge in [0, 0.05) is 21.5 Å². The fourth-order valence-corrected chi connectivity index (χ4v) is 3.20. The third-order valence-corrected chi connectivity index (χ3v) is 4.36. The zero-order valence-corrected chi connectivity index (χ0v) is 14.3. The number of hydrogen-bond acceptors (Lipinski definition) is 3. The number of carbonyl (C=O) groups excluding carboxylic acids is 1. The van der Waals surface area contributed by atoms with E-state index in [-0.39, 0.29) is 5.91 Å². The molecule has 3 aromatic rings. The van der Waals surface area contributed by atoms with Crippen LogP contribution in [0, 0.1) is 13.8 Å². The van der Waals surface area contributed by atoms with Gasteiger partial charge in [0.15, 0.2) is 5.13 Å². The van der Waals surface area contributed by atoms with Gasteiger partial charge in [0.2, 0.25) is 0 Å². The molecule has 1 heterocycles. The first kappa shape index (κ1) is 15.7. The number of thiazole rings is 1. The predicted molar refractivity (Wildman–Crippen MR) is 96.4 cm³/mol. The molecule has 0 atom stereocenters. The quantitative estimate of drug-likeness (QED) is 0.698. The molecule has 23 heavy (non-hydrogen) atoms. The van der Waals surface area contributed by atoms with Crippen molar-refractivity contribution in [1.82, 2.24) is 4.98 Å². The summed E-state index contributed by atoms with van der Waals surface area (Å²) in [6.07, 6.45) is 0. The van der Waals surface area contributed by atoms with Crippen molar-refractivity contribution in [2.75, 3.05) is 5.32 Å². The maximum Gasteiger partial charge on any atom is 0.257 e. The van der Waals surface area contributed by atoms with Crippen molar-refractivity contribution in [2.24, 2.45) is 0 Å². The fourth-order valence-electron chi connectivity index (χ4n) is 2.36. The van der Waals surface area contributed by atoms with Gasteiger partial charge in [0.1, 0.15) is 0 Å². The Hall–Kier alpha value is -2.17. The highest BCUT2D eigenvalue weighted by atomic mass is 35.5. The molecule has 116 valence electrons. The van der Waals surface area contributed by atoms with E-state index >= 15 is 0 Å². The van der Waals surface area contributed by atoms with E-state index in [1.165, 1.54) is 11.3 Å². The van der Waals surface area contributed by atoms with E-state index in [1.54, 1.807) is 0 Å². The summed E-state index contributed by atoms with van der Waals surface area (Å²) >= 11 is 7.30. The first-order valence-corrected chi connectivity index (χ1v) is 8.38. The van der Waals surface area contributed by atoms with E-state index in [9.17, 15) is 4.79 Å². The molecule has 1 amide bonds. The highest BCUT2D eigenvalue weighted by molar-refractivity contribution is 7.14. The molecule has 0 unspecified atom stereocenters. The standard InChI is InChI=1S/C18H15ClN2OS/c1-11-7-12(2)9-14(8-11)17(22)21-18-20-16(10-23-18)13-3-5-15(19)6-4-13/h3-10H,1-2H3,(H,20,21,22). The van der Waals surface area contributed by atoms with Crippen LogP contribution in [-0.4, -0.2) is 10.9 Å². The van der Waals surface area contributed by atoms with Crippen molar-refractivity contribution in [3.63, 3.8) is 0 Å². The molecule has 0 radical (unpaired) electrons. The summed E-state index contributed by atoms with van der Waals surface area (Å²) in [5.74, 6) is -0.145. The molecule has 3 nitrogen and oxygen atoms in total. The van der Waals surface area contributed by atoms with Crippen LogP contribution in [0.1, 0.15) is 21.5 Å². The van der Waals surface area contributed by atoms with Gasteiger partial charge in [-0.3, -0.25) is 10.1 Å². The van der Waals surface area contributed by atoms with Crippen LogP contribution in [0.5, 0.6) is 0 Å². The maximum absolute atomic E-state index is 12.3. The molecule has 0 aliphatic heterocycles. The average Bonchev–Trinajstić information content (AvgIpc) is 2.95. The zero-order valence-electron chi connectivity index (χ0n) is 12.8. The van der Waals surface area contributed by atoms with Crippen molar-refractivity contribution in [3.8, 4) is 11.3 Å². The highest BCUT2D eigenvalue weighted by Gasteiger charge is 2.11. The average molecular weight is 343 g/mol. The third kappa shape index (κ3) is 3.78. The van der Waals surface area contributed by atoms with E-state index in [2.05, 4.69) is 10.3 Å². The van der Waals surface area contributed by atoms with Crippen molar-refractivity contribution in [3.05, 3.63) is 69.6 Å². The molecule has 0 fully saturated rings. The second-order valence-electron chi connectivity index (χ2n) is 5.38. The van der Waals surface area contributed by atoms with Crippen LogP contribution in [0.3, 0.4) is 0 Å². The number of hydrogen-bond donors (Lipinski definition) is 1. The molecule has 1 N–H and O–H groups in total. The summed E-state index contributed by atoms with van der Waals surface area (Å²) in [4.78, 5) is 16.8. The number of benzene rings is 2. The lowest BCUT2D eigenvalue weighted by Gasteiger charge is -2.04. The van der Waals surface area contributed by atoms with Gasteiger partial charge in [-0.2, -0.15) is 0 Å². The predicted octanol–water partition coefficient (Wildman–Crippen LogP) is 5.33. The number of amides is 1. The van der Waals surface area contributed by atoms with Gasteiger partial charge in [-0.15, -0.1) is 11.3 Å². The summed E-state index contributed by atoms with van der Waals surface area (Å²) in [7, 11) is 0. The Morgan fingerprint density at radius 1 is 1.09 bits per heavy atom. The first-order chi connectivity index (χ1) is 11.0. The van der Waals surface area contributed by atoms with Crippen molar-refractivity contribution in [2.45, 2.75) is 13.8 Å². The van der Waals surface area contributed by atoms with Crippen LogP contribution in [-0.2, 0) is 0 Å². The van der Waals surface area contributed by atoms with Gasteiger partial charge in [-0.05, 0) is 38.1 Å². The highest BCUT2D eigenvalue weighted by Crippen LogP contribution is 2.26. The minimum absolute atomic E-state index is 0.145. The number of anilines is 1. The van der Waals surface area contributed by atoms with Crippen LogP contribution < -0.4 is 5.32 Å². The molecule has 0 aliphatic rings. The summed E-state index contributed by atoms with van der Waals surface area (Å²) in [6.45, 7) is 3.96. The second kappa shape index (κ2) is 6.52. The monoisotopic (exact) mass is 342 g/mol. The summed E-state index contributed by atoms with van der Waals surface area (Å²) in [5.41, 5.74) is 4.57. The molecule has 3 rings (SSSR count). The Labute approximate surface area is 144 Å². The lowest BCUT2D eigenvalue weighted by Crippen LogP contribution is -2.12. The van der Waals surface area contributed by atoms with Gasteiger partial charge >= 0.3 is 0 Å².